The monoisotopic (exact) mass is 321 g/mol. The summed E-state index contributed by atoms with van der Waals surface area (Å²) in [5, 5.41) is 7.25. The van der Waals surface area contributed by atoms with Crippen LogP contribution in [0.1, 0.15) is 45.4 Å². The van der Waals surface area contributed by atoms with E-state index in [-0.39, 0.29) is 0 Å². The largest absolute Gasteiger partial charge is 0.381 e. The van der Waals surface area contributed by atoms with Crippen molar-refractivity contribution in [1.29, 1.82) is 0 Å². The van der Waals surface area contributed by atoms with Crippen LogP contribution in [0.25, 0.3) is 0 Å². The molecule has 4 atom stereocenters. The Morgan fingerprint density at radius 3 is 2.83 bits per heavy atom. The highest BCUT2D eigenvalue weighted by atomic mass is 16.5. The lowest BCUT2D eigenvalue weighted by Gasteiger charge is -2.57. The Labute approximate surface area is 139 Å². The van der Waals surface area contributed by atoms with Crippen LogP contribution in [0.15, 0.2) is 4.99 Å². The minimum atomic E-state index is 0.383. The molecular weight excluding hydrogens is 290 g/mol. The highest BCUT2D eigenvalue weighted by Crippen LogP contribution is 2.60. The maximum Gasteiger partial charge on any atom is 0.191 e. The van der Waals surface area contributed by atoms with Crippen molar-refractivity contribution in [3.8, 4) is 0 Å². The molecule has 0 radical (unpaired) electrons. The Hall–Kier alpha value is -0.810. The molecule has 0 aromatic carbocycles. The zero-order chi connectivity index (χ0) is 15.7. The van der Waals surface area contributed by atoms with E-state index >= 15 is 0 Å². The topological polar surface area (TPSA) is 54.9 Å². The minimum Gasteiger partial charge on any atom is -0.381 e. The molecule has 5 heteroatoms. The van der Waals surface area contributed by atoms with Crippen LogP contribution in [0.3, 0.4) is 0 Å². The summed E-state index contributed by atoms with van der Waals surface area (Å²) in [6, 6.07) is 0.551. The van der Waals surface area contributed by atoms with Gasteiger partial charge in [0.25, 0.3) is 0 Å². The number of hydrogen-bond donors (Lipinski definition) is 2. The Kier molecular flexibility index (Phi) is 4.50. The number of hydrogen-bond acceptors (Lipinski definition) is 3. The number of aliphatic imine (C=N–C) groups is 1. The third-order valence-electron chi connectivity index (χ3n) is 6.45. The molecule has 2 aliphatic carbocycles. The van der Waals surface area contributed by atoms with E-state index in [1.54, 1.807) is 0 Å². The van der Waals surface area contributed by atoms with E-state index in [1.807, 2.05) is 0 Å². The van der Waals surface area contributed by atoms with E-state index in [1.165, 1.54) is 32.1 Å². The molecule has 4 rings (SSSR count). The van der Waals surface area contributed by atoms with Crippen LogP contribution >= 0.6 is 0 Å². The maximum atomic E-state index is 6.09. The fraction of sp³-hybridized carbons (Fsp3) is 0.944. The summed E-state index contributed by atoms with van der Waals surface area (Å²) in [5.74, 6) is 2.28. The Morgan fingerprint density at radius 1 is 1.22 bits per heavy atom. The van der Waals surface area contributed by atoms with Gasteiger partial charge in [0.1, 0.15) is 0 Å². The van der Waals surface area contributed by atoms with E-state index in [0.29, 0.717) is 29.4 Å². The molecule has 0 aromatic rings. The second-order valence-electron chi connectivity index (χ2n) is 7.76. The van der Waals surface area contributed by atoms with Gasteiger partial charge in [0, 0.05) is 49.6 Å². The molecule has 2 saturated carbocycles. The molecule has 23 heavy (non-hydrogen) atoms. The molecule has 0 bridgehead atoms. The van der Waals surface area contributed by atoms with Crippen molar-refractivity contribution >= 4 is 5.96 Å². The normalized spacial score (nSPS) is 38.6. The first-order valence-electron chi connectivity index (χ1n) is 9.58. The lowest BCUT2D eigenvalue weighted by atomic mass is 9.54. The van der Waals surface area contributed by atoms with Crippen molar-refractivity contribution < 1.29 is 9.47 Å². The second kappa shape index (κ2) is 6.60. The van der Waals surface area contributed by atoms with Gasteiger partial charge >= 0.3 is 0 Å². The molecule has 5 nitrogen and oxygen atoms in total. The van der Waals surface area contributed by atoms with Crippen LogP contribution < -0.4 is 10.6 Å². The summed E-state index contributed by atoms with van der Waals surface area (Å²) >= 11 is 0. The molecule has 1 spiro atoms. The third kappa shape index (κ3) is 2.76. The van der Waals surface area contributed by atoms with Gasteiger partial charge in [0.15, 0.2) is 5.96 Å². The first kappa shape index (κ1) is 15.7. The molecule has 2 N–H and O–H groups in total. The van der Waals surface area contributed by atoms with Gasteiger partial charge in [-0.1, -0.05) is 12.8 Å². The SMILES string of the molecule is CCNC(=NCC1CCOC1)NC1C2CCOC2C12CCCC2. The molecule has 0 amide bonds. The molecule has 4 aliphatic rings. The van der Waals surface area contributed by atoms with Gasteiger partial charge in [-0.3, -0.25) is 4.99 Å². The van der Waals surface area contributed by atoms with E-state index in [4.69, 9.17) is 14.5 Å². The Bertz CT molecular complexity index is 442. The van der Waals surface area contributed by atoms with Gasteiger partial charge in [0.2, 0.25) is 0 Å². The first-order valence-corrected chi connectivity index (χ1v) is 9.58. The zero-order valence-electron chi connectivity index (χ0n) is 14.4. The number of fused-ring (bicyclic) bond motifs is 2. The van der Waals surface area contributed by atoms with Crippen molar-refractivity contribution in [1.82, 2.24) is 10.6 Å². The highest BCUT2D eigenvalue weighted by molar-refractivity contribution is 5.80. The van der Waals surface area contributed by atoms with Gasteiger partial charge in [-0.15, -0.1) is 0 Å². The van der Waals surface area contributed by atoms with Gasteiger partial charge in [-0.2, -0.15) is 0 Å². The fourth-order valence-electron chi connectivity index (χ4n) is 5.32. The van der Waals surface area contributed by atoms with E-state index in [9.17, 15) is 0 Å². The number of guanidine groups is 1. The summed E-state index contributed by atoms with van der Waals surface area (Å²) in [7, 11) is 0. The van der Waals surface area contributed by atoms with Crippen LogP contribution in [0.5, 0.6) is 0 Å². The van der Waals surface area contributed by atoms with Gasteiger partial charge in [0.05, 0.1) is 12.7 Å². The smallest absolute Gasteiger partial charge is 0.191 e. The summed E-state index contributed by atoms with van der Waals surface area (Å²) in [5.41, 5.74) is 0.383. The van der Waals surface area contributed by atoms with Crippen LogP contribution in [0, 0.1) is 17.3 Å². The third-order valence-corrected chi connectivity index (χ3v) is 6.45. The standard InChI is InChI=1S/C18H31N3O2/c1-2-19-17(20-11-13-5-9-22-12-13)21-15-14-6-10-23-16(14)18(15)7-3-4-8-18/h13-16H,2-12H2,1H3,(H2,19,20,21). The molecule has 4 unspecified atom stereocenters. The number of nitrogens with one attached hydrogen (secondary N) is 2. The van der Waals surface area contributed by atoms with Crippen LogP contribution in [0.2, 0.25) is 0 Å². The fourth-order valence-corrected chi connectivity index (χ4v) is 5.32. The zero-order valence-corrected chi connectivity index (χ0v) is 14.4. The van der Waals surface area contributed by atoms with E-state index in [2.05, 4.69) is 17.6 Å². The first-order chi connectivity index (χ1) is 11.3. The summed E-state index contributed by atoms with van der Waals surface area (Å²) in [6.07, 6.45) is 8.22. The Balaban J connectivity index is 1.43. The quantitative estimate of drug-likeness (QED) is 0.614. The van der Waals surface area contributed by atoms with Crippen molar-refractivity contribution in [3.05, 3.63) is 0 Å². The molecule has 130 valence electrons. The highest BCUT2D eigenvalue weighted by Gasteiger charge is 2.65. The average molecular weight is 321 g/mol. The average Bonchev–Trinajstić information content (AvgIpc) is 3.30. The molecule has 2 saturated heterocycles. The second-order valence-corrected chi connectivity index (χ2v) is 7.76. The molecule has 2 heterocycles. The predicted octanol–water partition coefficient (Wildman–Crippen LogP) is 1.93. The molecule has 2 aliphatic heterocycles. The maximum absolute atomic E-state index is 6.09. The van der Waals surface area contributed by atoms with Crippen LogP contribution in [-0.4, -0.2) is 51.0 Å². The lowest BCUT2D eigenvalue weighted by Crippen LogP contribution is -2.69. The number of rotatable bonds is 4. The molecular formula is C18H31N3O2. The van der Waals surface area contributed by atoms with Crippen LogP contribution in [-0.2, 0) is 9.47 Å². The van der Waals surface area contributed by atoms with Crippen molar-refractivity contribution in [3.63, 3.8) is 0 Å². The van der Waals surface area contributed by atoms with Gasteiger partial charge < -0.3 is 20.1 Å². The predicted molar refractivity (Wildman–Crippen MR) is 90.6 cm³/mol. The van der Waals surface area contributed by atoms with Gasteiger partial charge in [-0.05, 0) is 32.6 Å². The van der Waals surface area contributed by atoms with E-state index < -0.39 is 0 Å². The van der Waals surface area contributed by atoms with Crippen LogP contribution in [0.4, 0.5) is 0 Å². The number of nitrogens with zero attached hydrogens (tertiary/aromatic N) is 1. The van der Waals surface area contributed by atoms with Crippen molar-refractivity contribution in [2.24, 2.45) is 22.2 Å². The van der Waals surface area contributed by atoms with E-state index in [0.717, 1.165) is 45.3 Å². The van der Waals surface area contributed by atoms with Crippen molar-refractivity contribution in [2.45, 2.75) is 57.6 Å². The molecule has 0 aromatic heterocycles. The lowest BCUT2D eigenvalue weighted by molar-refractivity contribution is -0.125. The van der Waals surface area contributed by atoms with Gasteiger partial charge in [-0.25, -0.2) is 0 Å². The minimum absolute atomic E-state index is 0.383. The summed E-state index contributed by atoms with van der Waals surface area (Å²) in [4.78, 5) is 4.86. The molecule has 4 fully saturated rings. The Morgan fingerprint density at radius 2 is 2.09 bits per heavy atom. The van der Waals surface area contributed by atoms with Crippen molar-refractivity contribution in [2.75, 3.05) is 32.9 Å². The summed E-state index contributed by atoms with van der Waals surface area (Å²) < 4.78 is 11.6. The summed E-state index contributed by atoms with van der Waals surface area (Å²) in [6.45, 7) is 6.65. The number of ether oxygens (including phenoxy) is 2.